The van der Waals surface area contributed by atoms with Gasteiger partial charge in [-0.2, -0.15) is 0 Å². The predicted molar refractivity (Wildman–Crippen MR) is 142 cm³/mol. The summed E-state index contributed by atoms with van der Waals surface area (Å²) in [4.78, 5) is 19.1. The molecule has 198 valence electrons. The van der Waals surface area contributed by atoms with Gasteiger partial charge in [0, 0.05) is 24.4 Å². The van der Waals surface area contributed by atoms with Crippen LogP contribution in [-0.4, -0.2) is 22.5 Å². The average Bonchev–Trinajstić information content (AvgIpc) is 3.40. The van der Waals surface area contributed by atoms with Gasteiger partial charge in [0.05, 0.1) is 0 Å². The third-order valence-electron chi connectivity index (χ3n) is 13.6. The molecule has 36 heavy (non-hydrogen) atoms. The van der Waals surface area contributed by atoms with Crippen molar-refractivity contribution in [2.45, 2.75) is 105 Å². The van der Waals surface area contributed by atoms with E-state index in [0.29, 0.717) is 41.9 Å². The van der Waals surface area contributed by atoms with Crippen molar-refractivity contribution >= 4 is 5.78 Å². The van der Waals surface area contributed by atoms with Gasteiger partial charge in [0.2, 0.25) is 0 Å². The van der Waals surface area contributed by atoms with Crippen LogP contribution in [0.4, 0.5) is 0 Å². The number of carbonyl (C=O) groups is 1. The molecule has 1 N–H and O–H groups in total. The van der Waals surface area contributed by atoms with Crippen molar-refractivity contribution in [3.05, 3.63) is 29.5 Å². The number of hydrogen-bond donors (Lipinski definition) is 1. The molecule has 0 unspecified atom stereocenters. The molecule has 0 radical (unpaired) electrons. The maximum atomic E-state index is 14.4. The molecule has 6 rings (SSSR count). The van der Waals surface area contributed by atoms with Crippen LogP contribution >= 0.6 is 0 Å². The van der Waals surface area contributed by atoms with E-state index in [4.69, 9.17) is 4.42 Å². The molecule has 4 fully saturated rings. The smallest absolute Gasteiger partial charge is 0.191 e. The Morgan fingerprint density at radius 2 is 1.72 bits per heavy atom. The molecule has 0 bridgehead atoms. The lowest BCUT2D eigenvalue weighted by Gasteiger charge is -2.71. The summed E-state index contributed by atoms with van der Waals surface area (Å²) in [5.74, 6) is 3.89. The number of fused-ring (bicyclic) bond motifs is 8. The molecule has 5 aliphatic rings. The minimum Gasteiger partial charge on any atom is -0.445 e. The van der Waals surface area contributed by atoms with E-state index in [9.17, 15) is 9.90 Å². The number of nitrogens with zero attached hydrogens (tertiary/aromatic N) is 1. The van der Waals surface area contributed by atoms with Gasteiger partial charge in [0.15, 0.2) is 11.7 Å². The van der Waals surface area contributed by atoms with Gasteiger partial charge < -0.3 is 9.52 Å². The number of aliphatic hydroxyl groups excluding tert-OH is 1. The maximum Gasteiger partial charge on any atom is 0.191 e. The van der Waals surface area contributed by atoms with Gasteiger partial charge in [-0.1, -0.05) is 46.8 Å². The fourth-order valence-electron chi connectivity index (χ4n) is 11.7. The van der Waals surface area contributed by atoms with Crippen molar-refractivity contribution in [1.82, 2.24) is 4.98 Å². The number of rotatable bonds is 2. The third-order valence-corrected chi connectivity index (χ3v) is 13.6. The van der Waals surface area contributed by atoms with Gasteiger partial charge in [-0.15, -0.1) is 0 Å². The second-order valence-corrected chi connectivity index (χ2v) is 14.9. The molecule has 4 heteroatoms. The van der Waals surface area contributed by atoms with Crippen molar-refractivity contribution in [3.63, 3.8) is 0 Å². The lowest BCUT2D eigenvalue weighted by molar-refractivity contribution is -0.217. The molecule has 5 aliphatic carbocycles. The topological polar surface area (TPSA) is 63.3 Å². The molecule has 1 heterocycles. The molecule has 0 amide bonds. The third kappa shape index (κ3) is 2.66. The number of aryl methyl sites for hydroxylation is 1. The van der Waals surface area contributed by atoms with Gasteiger partial charge in [-0.05, 0) is 104 Å². The van der Waals surface area contributed by atoms with E-state index in [1.54, 1.807) is 0 Å². The van der Waals surface area contributed by atoms with Crippen LogP contribution in [0.2, 0.25) is 0 Å². The SMILES string of the molecule is C=C(C)[C@@H]1CC[C@]2(CO)CC[C@]3(C)[C@H](CC[C@@H]4[C@@]5(C)C(=O)c6nc(C)oc6C(C)(C)[C@@H]5CC[C@]43C)[C@@H]12. The summed E-state index contributed by atoms with van der Waals surface area (Å²) in [6.07, 6.45) is 9.07. The summed E-state index contributed by atoms with van der Waals surface area (Å²) in [5, 5.41) is 10.7. The van der Waals surface area contributed by atoms with Crippen molar-refractivity contribution in [3.8, 4) is 0 Å². The van der Waals surface area contributed by atoms with Gasteiger partial charge in [-0.25, -0.2) is 4.98 Å². The molecule has 9 atom stereocenters. The van der Waals surface area contributed by atoms with E-state index in [-0.39, 0.29) is 33.4 Å². The quantitative estimate of drug-likeness (QED) is 0.440. The van der Waals surface area contributed by atoms with Gasteiger partial charge in [-0.3, -0.25) is 4.79 Å². The first-order valence-corrected chi connectivity index (χ1v) is 14.6. The Kier molecular flexibility index (Phi) is 5.09. The highest BCUT2D eigenvalue weighted by molar-refractivity contribution is 6.02. The van der Waals surface area contributed by atoms with E-state index < -0.39 is 5.41 Å². The van der Waals surface area contributed by atoms with Gasteiger partial charge >= 0.3 is 0 Å². The highest BCUT2D eigenvalue weighted by Gasteiger charge is 2.72. The van der Waals surface area contributed by atoms with Crippen LogP contribution in [0.25, 0.3) is 0 Å². The number of allylic oxidation sites excluding steroid dienone is 1. The summed E-state index contributed by atoms with van der Waals surface area (Å²) < 4.78 is 6.09. The van der Waals surface area contributed by atoms with E-state index in [0.717, 1.165) is 44.3 Å². The minimum atomic E-state index is -0.421. The Balaban J connectivity index is 1.46. The number of hydrogen-bond acceptors (Lipinski definition) is 4. The van der Waals surface area contributed by atoms with Crippen molar-refractivity contribution in [2.75, 3.05) is 6.61 Å². The number of carbonyl (C=O) groups excluding carboxylic acids is 1. The number of aliphatic hydroxyl groups is 1. The molecular formula is C32H47NO3. The Morgan fingerprint density at radius 1 is 1.00 bits per heavy atom. The zero-order valence-corrected chi connectivity index (χ0v) is 23.7. The summed E-state index contributed by atoms with van der Waals surface area (Å²) in [7, 11) is 0. The maximum absolute atomic E-state index is 14.4. The lowest BCUT2D eigenvalue weighted by Crippen LogP contribution is -2.68. The van der Waals surface area contributed by atoms with E-state index in [2.05, 4.69) is 53.1 Å². The molecule has 1 aromatic rings. The lowest BCUT2D eigenvalue weighted by atomic mass is 9.32. The molecule has 0 aromatic carbocycles. The van der Waals surface area contributed by atoms with E-state index >= 15 is 0 Å². The molecule has 4 saturated carbocycles. The Hall–Kier alpha value is -1.42. The Labute approximate surface area is 217 Å². The fraction of sp³-hybridized carbons (Fsp3) is 0.812. The summed E-state index contributed by atoms with van der Waals surface area (Å²) >= 11 is 0. The summed E-state index contributed by atoms with van der Waals surface area (Å²) in [6, 6.07) is 0. The van der Waals surface area contributed by atoms with Crippen LogP contribution in [0.3, 0.4) is 0 Å². The van der Waals surface area contributed by atoms with Crippen LogP contribution in [-0.2, 0) is 5.41 Å². The number of ketones is 1. The molecule has 0 aliphatic heterocycles. The molecule has 0 saturated heterocycles. The first-order valence-electron chi connectivity index (χ1n) is 14.6. The van der Waals surface area contributed by atoms with Crippen LogP contribution in [0.15, 0.2) is 16.6 Å². The zero-order chi connectivity index (χ0) is 26.1. The normalized spacial score (nSPS) is 48.9. The van der Waals surface area contributed by atoms with Crippen molar-refractivity contribution in [2.24, 2.45) is 51.2 Å². The molecular weight excluding hydrogens is 446 g/mol. The van der Waals surface area contributed by atoms with Crippen molar-refractivity contribution < 1.29 is 14.3 Å². The standard InChI is InChI=1S/C32H47NO3/c1-18(2)20-11-14-32(17-34)16-15-29(6)21(24(20)32)9-10-23-30(29,7)13-12-22-28(4,5)27-25(33-19(3)36-27)26(35)31(22,23)8/h20-24,34H,1,9-17H2,2-8H3/t20-,21+,22-,23-,24+,29+,30+,31-,32+/m0/s1. The zero-order valence-electron chi connectivity index (χ0n) is 23.7. The summed E-state index contributed by atoms with van der Waals surface area (Å²) in [6.45, 7) is 20.8. The van der Waals surface area contributed by atoms with Crippen LogP contribution in [0.1, 0.15) is 115 Å². The van der Waals surface area contributed by atoms with Gasteiger partial charge in [0.1, 0.15) is 11.5 Å². The molecule has 0 spiro atoms. The van der Waals surface area contributed by atoms with Crippen LogP contribution < -0.4 is 0 Å². The Bertz CT molecular complexity index is 1130. The number of oxazole rings is 1. The minimum absolute atomic E-state index is 0.0634. The largest absolute Gasteiger partial charge is 0.445 e. The van der Waals surface area contributed by atoms with Crippen LogP contribution in [0, 0.1) is 58.2 Å². The van der Waals surface area contributed by atoms with Gasteiger partial charge in [0.25, 0.3) is 0 Å². The predicted octanol–water partition coefficient (Wildman–Crippen LogP) is 7.29. The molecule has 4 nitrogen and oxygen atoms in total. The first-order chi connectivity index (χ1) is 16.8. The van der Waals surface area contributed by atoms with Crippen molar-refractivity contribution in [1.29, 1.82) is 0 Å². The Morgan fingerprint density at radius 3 is 2.39 bits per heavy atom. The van der Waals surface area contributed by atoms with E-state index in [1.807, 2.05) is 6.92 Å². The highest BCUT2D eigenvalue weighted by atomic mass is 16.4. The fourth-order valence-corrected chi connectivity index (χ4v) is 11.7. The number of aromatic nitrogens is 1. The number of Topliss-reactive ketones (excluding diaryl/α,β-unsaturated/α-hetero) is 1. The molecule has 1 aromatic heterocycles. The second-order valence-electron chi connectivity index (χ2n) is 14.9. The van der Waals surface area contributed by atoms with E-state index in [1.165, 1.54) is 18.4 Å². The summed E-state index contributed by atoms with van der Waals surface area (Å²) in [5.41, 5.74) is 1.61. The monoisotopic (exact) mass is 493 g/mol. The average molecular weight is 494 g/mol. The van der Waals surface area contributed by atoms with Crippen LogP contribution in [0.5, 0.6) is 0 Å². The highest BCUT2D eigenvalue weighted by Crippen LogP contribution is 2.77. The first kappa shape index (κ1) is 24.9. The second kappa shape index (κ2) is 7.36.